The first-order valence-electron chi connectivity index (χ1n) is 7.86. The Bertz CT molecular complexity index is 369. The SMILES string of the molecule is CC(C)C(=O)N1CCC(NC2CC3CC=CC32)CC1. The molecule has 3 aliphatic rings. The van der Waals surface area contributed by atoms with Gasteiger partial charge in [-0.3, -0.25) is 4.79 Å². The van der Waals surface area contributed by atoms with E-state index in [0.29, 0.717) is 18.0 Å². The van der Waals surface area contributed by atoms with Crippen LogP contribution in [0.2, 0.25) is 0 Å². The predicted molar refractivity (Wildman–Crippen MR) is 76.7 cm³/mol. The predicted octanol–water partition coefficient (Wildman–Crippen LogP) is 2.19. The fourth-order valence-corrected chi connectivity index (χ4v) is 3.84. The van der Waals surface area contributed by atoms with Crippen LogP contribution in [0.15, 0.2) is 12.2 Å². The highest BCUT2D eigenvalue weighted by molar-refractivity contribution is 5.78. The molecule has 0 radical (unpaired) electrons. The Morgan fingerprint density at radius 2 is 2.05 bits per heavy atom. The summed E-state index contributed by atoms with van der Waals surface area (Å²) >= 11 is 0. The van der Waals surface area contributed by atoms with Gasteiger partial charge in [0, 0.05) is 31.1 Å². The van der Waals surface area contributed by atoms with Gasteiger partial charge in [0.25, 0.3) is 0 Å². The number of nitrogens with one attached hydrogen (secondary N) is 1. The number of nitrogens with zero attached hydrogens (tertiary/aromatic N) is 1. The molecule has 0 bridgehead atoms. The van der Waals surface area contributed by atoms with Crippen molar-refractivity contribution in [1.29, 1.82) is 0 Å². The minimum absolute atomic E-state index is 0.139. The summed E-state index contributed by atoms with van der Waals surface area (Å²) in [7, 11) is 0. The average Bonchev–Trinajstić information content (AvgIpc) is 2.77. The van der Waals surface area contributed by atoms with Gasteiger partial charge in [-0.25, -0.2) is 0 Å². The van der Waals surface area contributed by atoms with Gasteiger partial charge >= 0.3 is 0 Å². The second-order valence-corrected chi connectivity index (χ2v) is 6.76. The lowest BCUT2D eigenvalue weighted by molar-refractivity contribution is -0.135. The number of rotatable bonds is 3. The van der Waals surface area contributed by atoms with Crippen molar-refractivity contribution < 1.29 is 4.79 Å². The largest absolute Gasteiger partial charge is 0.342 e. The van der Waals surface area contributed by atoms with Gasteiger partial charge in [-0.1, -0.05) is 26.0 Å². The third kappa shape index (κ3) is 2.58. The van der Waals surface area contributed by atoms with Crippen LogP contribution < -0.4 is 5.32 Å². The lowest BCUT2D eigenvalue weighted by Gasteiger charge is -2.44. The molecule has 2 aliphatic carbocycles. The highest BCUT2D eigenvalue weighted by Crippen LogP contribution is 2.43. The summed E-state index contributed by atoms with van der Waals surface area (Å²) in [5.41, 5.74) is 0. The molecule has 0 aromatic heterocycles. The van der Waals surface area contributed by atoms with Crippen molar-refractivity contribution in [3.05, 3.63) is 12.2 Å². The van der Waals surface area contributed by atoms with Crippen molar-refractivity contribution in [1.82, 2.24) is 10.2 Å². The van der Waals surface area contributed by atoms with E-state index in [9.17, 15) is 4.79 Å². The molecule has 3 unspecified atom stereocenters. The van der Waals surface area contributed by atoms with Crippen molar-refractivity contribution in [2.75, 3.05) is 13.1 Å². The zero-order valence-corrected chi connectivity index (χ0v) is 12.1. The zero-order valence-electron chi connectivity index (χ0n) is 12.1. The van der Waals surface area contributed by atoms with Crippen LogP contribution in [0.5, 0.6) is 0 Å². The molecule has 19 heavy (non-hydrogen) atoms. The lowest BCUT2D eigenvalue weighted by Crippen LogP contribution is -2.55. The number of hydrogen-bond acceptors (Lipinski definition) is 2. The van der Waals surface area contributed by atoms with E-state index in [1.807, 2.05) is 18.7 Å². The van der Waals surface area contributed by atoms with Gasteiger partial charge in [-0.05, 0) is 37.5 Å². The molecule has 0 spiro atoms. The molecular weight excluding hydrogens is 236 g/mol. The first kappa shape index (κ1) is 13.2. The van der Waals surface area contributed by atoms with Crippen molar-refractivity contribution >= 4 is 5.91 Å². The van der Waals surface area contributed by atoms with E-state index in [1.165, 1.54) is 12.8 Å². The van der Waals surface area contributed by atoms with Crippen LogP contribution >= 0.6 is 0 Å². The summed E-state index contributed by atoms with van der Waals surface area (Å²) < 4.78 is 0. The Hall–Kier alpha value is -0.830. The summed E-state index contributed by atoms with van der Waals surface area (Å²) in [6.07, 6.45) is 9.64. The third-order valence-electron chi connectivity index (χ3n) is 5.11. The maximum atomic E-state index is 11.9. The molecule has 1 saturated heterocycles. The molecule has 0 aromatic rings. The van der Waals surface area contributed by atoms with Gasteiger partial charge < -0.3 is 10.2 Å². The Morgan fingerprint density at radius 1 is 1.32 bits per heavy atom. The number of hydrogen-bond donors (Lipinski definition) is 1. The summed E-state index contributed by atoms with van der Waals surface area (Å²) in [5, 5.41) is 3.83. The van der Waals surface area contributed by atoms with Crippen LogP contribution in [0.25, 0.3) is 0 Å². The van der Waals surface area contributed by atoms with Crippen LogP contribution in [0.3, 0.4) is 0 Å². The molecule has 106 valence electrons. The number of piperidine rings is 1. The zero-order chi connectivity index (χ0) is 13.4. The minimum atomic E-state index is 0.139. The van der Waals surface area contributed by atoms with Gasteiger partial charge in [-0.2, -0.15) is 0 Å². The summed E-state index contributed by atoms with van der Waals surface area (Å²) in [5.74, 6) is 2.19. The van der Waals surface area contributed by atoms with Crippen LogP contribution in [0, 0.1) is 17.8 Å². The van der Waals surface area contributed by atoms with Gasteiger partial charge in [-0.15, -0.1) is 0 Å². The smallest absolute Gasteiger partial charge is 0.225 e. The monoisotopic (exact) mass is 262 g/mol. The van der Waals surface area contributed by atoms with Crippen LogP contribution in [-0.2, 0) is 4.79 Å². The number of fused-ring (bicyclic) bond motifs is 1. The molecule has 3 rings (SSSR count). The normalized spacial score (nSPS) is 34.5. The lowest BCUT2D eigenvalue weighted by atomic mass is 9.71. The van der Waals surface area contributed by atoms with Crippen molar-refractivity contribution in [2.24, 2.45) is 17.8 Å². The van der Waals surface area contributed by atoms with Gasteiger partial charge in [0.2, 0.25) is 5.91 Å². The first-order chi connectivity index (χ1) is 9.15. The average molecular weight is 262 g/mol. The number of allylic oxidation sites excluding steroid dienone is 1. The molecule has 1 N–H and O–H groups in total. The Kier molecular flexibility index (Phi) is 3.66. The maximum Gasteiger partial charge on any atom is 0.225 e. The fraction of sp³-hybridized carbons (Fsp3) is 0.812. The molecule has 0 aromatic carbocycles. The van der Waals surface area contributed by atoms with E-state index in [1.54, 1.807) is 0 Å². The van der Waals surface area contributed by atoms with Gasteiger partial charge in [0.05, 0.1) is 0 Å². The Morgan fingerprint density at radius 3 is 2.68 bits per heavy atom. The highest BCUT2D eigenvalue weighted by atomic mass is 16.2. The van der Waals surface area contributed by atoms with E-state index in [4.69, 9.17) is 0 Å². The minimum Gasteiger partial charge on any atom is -0.342 e. The Balaban J connectivity index is 1.43. The molecule has 1 amide bonds. The van der Waals surface area contributed by atoms with Crippen molar-refractivity contribution in [2.45, 2.75) is 51.6 Å². The van der Waals surface area contributed by atoms with E-state index in [0.717, 1.165) is 37.8 Å². The summed E-state index contributed by atoms with van der Waals surface area (Å²) in [4.78, 5) is 14.0. The quantitative estimate of drug-likeness (QED) is 0.791. The highest BCUT2D eigenvalue weighted by Gasteiger charge is 2.41. The fourth-order valence-electron chi connectivity index (χ4n) is 3.84. The standard InChI is InChI=1S/C16H26N2O/c1-11(2)16(19)18-8-6-13(7-9-18)17-15-10-12-4-3-5-14(12)15/h3,5,11-15,17H,4,6-10H2,1-2H3. The molecule has 2 fully saturated rings. The van der Waals surface area contributed by atoms with E-state index in [2.05, 4.69) is 17.5 Å². The second kappa shape index (κ2) is 5.28. The maximum absolute atomic E-state index is 11.9. The Labute approximate surface area is 116 Å². The molecule has 3 atom stereocenters. The molecule has 1 saturated carbocycles. The summed E-state index contributed by atoms with van der Waals surface area (Å²) in [6, 6.07) is 1.33. The van der Waals surface area contributed by atoms with Crippen LogP contribution in [-0.4, -0.2) is 36.0 Å². The van der Waals surface area contributed by atoms with E-state index < -0.39 is 0 Å². The number of carbonyl (C=O) groups is 1. The molecule has 3 heteroatoms. The van der Waals surface area contributed by atoms with E-state index in [-0.39, 0.29) is 5.92 Å². The van der Waals surface area contributed by atoms with Crippen molar-refractivity contribution in [3.8, 4) is 0 Å². The van der Waals surface area contributed by atoms with Crippen LogP contribution in [0.1, 0.15) is 39.5 Å². The van der Waals surface area contributed by atoms with Gasteiger partial charge in [0.15, 0.2) is 0 Å². The van der Waals surface area contributed by atoms with Crippen LogP contribution in [0.4, 0.5) is 0 Å². The second-order valence-electron chi connectivity index (χ2n) is 6.76. The molecule has 1 heterocycles. The van der Waals surface area contributed by atoms with E-state index >= 15 is 0 Å². The summed E-state index contributed by atoms with van der Waals surface area (Å²) in [6.45, 7) is 5.86. The molecule has 3 nitrogen and oxygen atoms in total. The van der Waals surface area contributed by atoms with Crippen molar-refractivity contribution in [3.63, 3.8) is 0 Å². The topological polar surface area (TPSA) is 32.3 Å². The van der Waals surface area contributed by atoms with Gasteiger partial charge in [0.1, 0.15) is 0 Å². The number of amides is 1. The molecular formula is C16H26N2O. The molecule has 1 aliphatic heterocycles. The first-order valence-corrected chi connectivity index (χ1v) is 7.86. The number of likely N-dealkylation sites (tertiary alicyclic amines) is 1. The number of carbonyl (C=O) groups excluding carboxylic acids is 1. The third-order valence-corrected chi connectivity index (χ3v) is 5.11.